The first kappa shape index (κ1) is 16.7. The lowest BCUT2D eigenvalue weighted by Crippen LogP contribution is -2.55. The predicted octanol–water partition coefficient (Wildman–Crippen LogP) is 1.23. The second kappa shape index (κ2) is 7.65. The molecule has 2 fully saturated rings. The molecule has 1 aromatic rings. The van der Waals surface area contributed by atoms with Crippen LogP contribution in [0.15, 0.2) is 24.3 Å². The van der Waals surface area contributed by atoms with Gasteiger partial charge in [-0.15, -0.1) is 0 Å². The van der Waals surface area contributed by atoms with Crippen molar-refractivity contribution in [2.24, 2.45) is 11.8 Å². The molecule has 2 aliphatic heterocycles. The highest BCUT2D eigenvalue weighted by atomic mass is 16.3. The Morgan fingerprint density at radius 3 is 2.83 bits per heavy atom. The first-order valence-electron chi connectivity index (χ1n) is 8.59. The number of amides is 2. The third kappa shape index (κ3) is 3.53. The molecule has 3 rings (SSSR count). The van der Waals surface area contributed by atoms with Crippen molar-refractivity contribution in [1.82, 2.24) is 15.5 Å². The second-order valence-corrected chi connectivity index (χ2v) is 6.66. The number of hydrogen-bond donors (Lipinski definition) is 3. The summed E-state index contributed by atoms with van der Waals surface area (Å²) >= 11 is 0. The highest BCUT2D eigenvalue weighted by Crippen LogP contribution is 2.33. The van der Waals surface area contributed by atoms with E-state index in [1.807, 2.05) is 23.1 Å². The van der Waals surface area contributed by atoms with Crippen LogP contribution < -0.4 is 10.6 Å². The molecule has 1 aromatic carbocycles. The number of aliphatic hydroxyl groups is 1. The third-order valence-corrected chi connectivity index (χ3v) is 5.06. The molecule has 0 saturated carbocycles. The maximum absolute atomic E-state index is 12.5. The minimum Gasteiger partial charge on any atom is -0.396 e. The zero-order valence-corrected chi connectivity index (χ0v) is 13.7. The van der Waals surface area contributed by atoms with Crippen LogP contribution in [0.5, 0.6) is 0 Å². The number of nitriles is 1. The maximum Gasteiger partial charge on any atom is 0.317 e. The van der Waals surface area contributed by atoms with E-state index in [1.165, 1.54) is 0 Å². The van der Waals surface area contributed by atoms with E-state index in [-0.39, 0.29) is 24.6 Å². The van der Waals surface area contributed by atoms with Crippen LogP contribution >= 0.6 is 0 Å². The number of nitrogens with one attached hydrogen (secondary N) is 2. The lowest BCUT2D eigenvalue weighted by molar-refractivity contribution is 0.0741. The summed E-state index contributed by atoms with van der Waals surface area (Å²) in [6, 6.07) is 9.28. The first-order valence-corrected chi connectivity index (χ1v) is 8.59. The topological polar surface area (TPSA) is 88.4 Å². The third-order valence-electron chi connectivity index (χ3n) is 5.06. The fourth-order valence-corrected chi connectivity index (χ4v) is 3.76. The average Bonchev–Trinajstić information content (AvgIpc) is 2.64. The largest absolute Gasteiger partial charge is 0.396 e. The van der Waals surface area contributed by atoms with Crippen molar-refractivity contribution in [3.63, 3.8) is 0 Å². The van der Waals surface area contributed by atoms with E-state index < -0.39 is 0 Å². The van der Waals surface area contributed by atoms with Crippen LogP contribution in [0, 0.1) is 23.2 Å². The van der Waals surface area contributed by atoms with Gasteiger partial charge in [0.15, 0.2) is 0 Å². The molecule has 0 spiro atoms. The molecule has 0 aliphatic carbocycles. The summed E-state index contributed by atoms with van der Waals surface area (Å²) in [5.74, 6) is 0.398. The molecule has 128 valence electrons. The van der Waals surface area contributed by atoms with Crippen LogP contribution in [0.3, 0.4) is 0 Å². The Bertz CT molecular complexity index is 622. The molecule has 2 heterocycles. The Morgan fingerprint density at radius 2 is 2.12 bits per heavy atom. The van der Waals surface area contributed by atoms with E-state index in [2.05, 4.69) is 16.7 Å². The van der Waals surface area contributed by atoms with Gasteiger partial charge in [-0.25, -0.2) is 4.79 Å². The van der Waals surface area contributed by atoms with Crippen molar-refractivity contribution < 1.29 is 9.90 Å². The van der Waals surface area contributed by atoms with Crippen LogP contribution in [0.4, 0.5) is 4.79 Å². The van der Waals surface area contributed by atoms with Crippen molar-refractivity contribution in [2.45, 2.75) is 18.9 Å². The van der Waals surface area contributed by atoms with Crippen molar-refractivity contribution in [1.29, 1.82) is 5.26 Å². The van der Waals surface area contributed by atoms with Crippen LogP contribution in [0.25, 0.3) is 0 Å². The van der Waals surface area contributed by atoms with Gasteiger partial charge in [-0.1, -0.05) is 12.1 Å². The fourth-order valence-electron chi connectivity index (χ4n) is 3.76. The SMILES string of the molecule is N#Cc1cccc(C2C(CO)CNC(=O)N2CC2CCNCC2)c1. The molecule has 2 saturated heterocycles. The number of benzene rings is 1. The Balaban J connectivity index is 1.88. The van der Waals surface area contributed by atoms with Gasteiger partial charge in [0, 0.05) is 25.6 Å². The van der Waals surface area contributed by atoms with E-state index >= 15 is 0 Å². The summed E-state index contributed by atoms with van der Waals surface area (Å²) in [6.45, 7) is 3.12. The zero-order chi connectivity index (χ0) is 16.9. The predicted molar refractivity (Wildman–Crippen MR) is 90.2 cm³/mol. The molecule has 2 atom stereocenters. The summed E-state index contributed by atoms with van der Waals surface area (Å²) in [4.78, 5) is 14.4. The Morgan fingerprint density at radius 1 is 1.33 bits per heavy atom. The smallest absolute Gasteiger partial charge is 0.317 e. The fraction of sp³-hybridized carbons (Fsp3) is 0.556. The van der Waals surface area contributed by atoms with E-state index in [1.54, 1.807) is 6.07 Å². The minimum absolute atomic E-state index is 0.00441. The quantitative estimate of drug-likeness (QED) is 0.776. The number of rotatable bonds is 4. The molecular formula is C18H24N4O2. The van der Waals surface area contributed by atoms with E-state index in [0.717, 1.165) is 31.5 Å². The van der Waals surface area contributed by atoms with Gasteiger partial charge in [0.05, 0.1) is 17.7 Å². The highest BCUT2D eigenvalue weighted by Gasteiger charge is 2.37. The summed E-state index contributed by atoms with van der Waals surface area (Å²) < 4.78 is 0. The molecule has 24 heavy (non-hydrogen) atoms. The van der Waals surface area contributed by atoms with Crippen molar-refractivity contribution in [2.75, 3.05) is 32.8 Å². The second-order valence-electron chi connectivity index (χ2n) is 6.66. The number of aliphatic hydroxyl groups excluding tert-OH is 1. The van der Waals surface area contributed by atoms with Crippen molar-refractivity contribution >= 4 is 6.03 Å². The van der Waals surface area contributed by atoms with Gasteiger partial charge in [-0.3, -0.25) is 0 Å². The molecule has 0 bridgehead atoms. The summed E-state index contributed by atoms with van der Waals surface area (Å²) in [7, 11) is 0. The standard InChI is InChI=1S/C18H24N4O2/c19-9-14-2-1-3-15(8-14)17-16(12-23)10-21-18(24)22(17)11-13-4-6-20-7-5-13/h1-3,8,13,16-17,20,23H,4-7,10-12H2,(H,21,24). The lowest BCUT2D eigenvalue weighted by Gasteiger charge is -2.43. The first-order chi connectivity index (χ1) is 11.7. The number of piperidine rings is 1. The number of nitrogens with zero attached hydrogens (tertiary/aromatic N) is 2. The van der Waals surface area contributed by atoms with E-state index in [9.17, 15) is 9.90 Å². The van der Waals surface area contributed by atoms with Gasteiger partial charge in [0.25, 0.3) is 0 Å². The molecule has 6 heteroatoms. The van der Waals surface area contributed by atoms with E-state index in [4.69, 9.17) is 5.26 Å². The average molecular weight is 328 g/mol. The maximum atomic E-state index is 12.5. The van der Waals surface area contributed by atoms with Crippen LogP contribution in [-0.4, -0.2) is 48.8 Å². The molecule has 2 amide bonds. The summed E-state index contributed by atoms with van der Waals surface area (Å²) in [5, 5.41) is 25.2. The van der Waals surface area contributed by atoms with Gasteiger partial charge < -0.3 is 20.6 Å². The Kier molecular flexibility index (Phi) is 5.34. The monoisotopic (exact) mass is 328 g/mol. The van der Waals surface area contributed by atoms with Crippen LogP contribution in [0.1, 0.15) is 30.0 Å². The molecule has 2 aliphatic rings. The molecule has 0 aromatic heterocycles. The number of carbonyl (C=O) groups is 1. The highest BCUT2D eigenvalue weighted by molar-refractivity contribution is 5.76. The minimum atomic E-state index is -0.188. The number of carbonyl (C=O) groups excluding carboxylic acids is 1. The lowest BCUT2D eigenvalue weighted by atomic mass is 9.88. The Labute approximate surface area is 142 Å². The van der Waals surface area contributed by atoms with Crippen molar-refractivity contribution in [3.05, 3.63) is 35.4 Å². The van der Waals surface area contributed by atoms with Gasteiger partial charge in [-0.2, -0.15) is 5.26 Å². The summed E-state index contributed by atoms with van der Waals surface area (Å²) in [6.07, 6.45) is 2.11. The van der Waals surface area contributed by atoms with Gasteiger partial charge >= 0.3 is 6.03 Å². The molecule has 2 unspecified atom stereocenters. The normalized spacial score (nSPS) is 25.2. The molecule has 6 nitrogen and oxygen atoms in total. The summed E-state index contributed by atoms with van der Waals surface area (Å²) in [5.41, 5.74) is 1.51. The molecular weight excluding hydrogens is 304 g/mol. The van der Waals surface area contributed by atoms with Crippen molar-refractivity contribution in [3.8, 4) is 6.07 Å². The zero-order valence-electron chi connectivity index (χ0n) is 13.7. The molecule has 0 radical (unpaired) electrons. The molecule has 3 N–H and O–H groups in total. The number of urea groups is 1. The Hall–Kier alpha value is -2.10. The van der Waals surface area contributed by atoms with E-state index in [0.29, 0.717) is 24.6 Å². The van der Waals surface area contributed by atoms with Gasteiger partial charge in [-0.05, 0) is 49.5 Å². The van der Waals surface area contributed by atoms with Crippen LogP contribution in [0.2, 0.25) is 0 Å². The van der Waals surface area contributed by atoms with Gasteiger partial charge in [0.2, 0.25) is 0 Å². The van der Waals surface area contributed by atoms with Crippen LogP contribution in [-0.2, 0) is 0 Å². The van der Waals surface area contributed by atoms with Gasteiger partial charge in [0.1, 0.15) is 0 Å². The number of hydrogen-bond acceptors (Lipinski definition) is 4.